The first kappa shape index (κ1) is 15.7. The summed E-state index contributed by atoms with van der Waals surface area (Å²) in [6.45, 7) is 7.80. The van der Waals surface area contributed by atoms with Gasteiger partial charge in [-0.15, -0.1) is 0 Å². The molecule has 0 fully saturated rings. The molecule has 1 aliphatic rings. The third kappa shape index (κ3) is 2.53. The van der Waals surface area contributed by atoms with Crippen LogP contribution in [-0.4, -0.2) is 6.29 Å². The number of hydrogen-bond donors (Lipinski definition) is 0. The first-order chi connectivity index (χ1) is 10.8. The van der Waals surface area contributed by atoms with Gasteiger partial charge >= 0.3 is 0 Å². The predicted molar refractivity (Wildman–Crippen MR) is 86.1 cm³/mol. The molecule has 0 aromatic heterocycles. The number of carbonyl (C=O) groups excluding carboxylic acids is 1. The highest BCUT2D eigenvalue weighted by Gasteiger charge is 2.39. The maximum absolute atomic E-state index is 13.3. The second-order valence-corrected chi connectivity index (χ2v) is 6.58. The Morgan fingerprint density at radius 3 is 2.39 bits per heavy atom. The van der Waals surface area contributed by atoms with Crippen LogP contribution >= 0.6 is 0 Å². The molecule has 120 valence electrons. The van der Waals surface area contributed by atoms with Crippen LogP contribution in [0.5, 0.6) is 5.75 Å². The van der Waals surface area contributed by atoms with Gasteiger partial charge in [-0.05, 0) is 49.1 Å². The SMILES string of the molecule is CC(C)c1cc2c(c(-c3ccc(F)cc3)c1C=O)C(C)(C)OO2. The van der Waals surface area contributed by atoms with Gasteiger partial charge in [0.15, 0.2) is 12.0 Å². The Labute approximate surface area is 135 Å². The molecule has 0 amide bonds. The highest BCUT2D eigenvalue weighted by atomic mass is 19.1. The Morgan fingerprint density at radius 1 is 1.17 bits per heavy atom. The van der Waals surface area contributed by atoms with Gasteiger partial charge in [0, 0.05) is 16.7 Å². The van der Waals surface area contributed by atoms with Gasteiger partial charge in [0.2, 0.25) is 0 Å². The molecule has 0 saturated carbocycles. The standard InChI is InChI=1S/C19H19FO3/c1-11(2)14-9-16-18(19(3,4)23-22-16)17(15(14)10-21)12-5-7-13(20)8-6-12/h5-11H,1-4H3. The quantitative estimate of drug-likeness (QED) is 0.591. The van der Waals surface area contributed by atoms with E-state index in [1.54, 1.807) is 12.1 Å². The number of halogens is 1. The van der Waals surface area contributed by atoms with E-state index in [0.717, 1.165) is 28.5 Å². The Bertz CT molecular complexity index is 761. The van der Waals surface area contributed by atoms with Gasteiger partial charge in [-0.25, -0.2) is 4.39 Å². The first-order valence-electron chi connectivity index (χ1n) is 7.63. The second kappa shape index (κ2) is 5.46. The molecule has 0 atom stereocenters. The molecule has 0 N–H and O–H groups in total. The summed E-state index contributed by atoms with van der Waals surface area (Å²) < 4.78 is 13.3. The smallest absolute Gasteiger partial charge is 0.172 e. The fourth-order valence-electron chi connectivity index (χ4n) is 3.07. The molecule has 0 saturated heterocycles. The van der Waals surface area contributed by atoms with E-state index in [0.29, 0.717) is 11.3 Å². The summed E-state index contributed by atoms with van der Waals surface area (Å²) in [6.07, 6.45) is 0.864. The van der Waals surface area contributed by atoms with Gasteiger partial charge in [-0.3, -0.25) is 4.79 Å². The highest BCUT2D eigenvalue weighted by molar-refractivity contribution is 5.93. The van der Waals surface area contributed by atoms with E-state index in [1.165, 1.54) is 12.1 Å². The number of benzene rings is 2. The fraction of sp³-hybridized carbons (Fsp3) is 0.316. The van der Waals surface area contributed by atoms with Crippen LogP contribution in [-0.2, 0) is 10.5 Å². The van der Waals surface area contributed by atoms with Crippen LogP contribution in [0.15, 0.2) is 30.3 Å². The maximum atomic E-state index is 13.3. The molecule has 23 heavy (non-hydrogen) atoms. The summed E-state index contributed by atoms with van der Waals surface area (Å²) in [7, 11) is 0. The zero-order chi connectivity index (χ0) is 16.8. The number of hydrogen-bond acceptors (Lipinski definition) is 3. The van der Waals surface area contributed by atoms with Crippen LogP contribution < -0.4 is 4.89 Å². The van der Waals surface area contributed by atoms with Crippen LogP contribution in [0.3, 0.4) is 0 Å². The molecule has 0 aliphatic carbocycles. The lowest BCUT2D eigenvalue weighted by Gasteiger charge is -2.21. The molecule has 0 radical (unpaired) electrons. The largest absolute Gasteiger partial charge is 0.336 e. The van der Waals surface area contributed by atoms with Crippen molar-refractivity contribution in [2.24, 2.45) is 0 Å². The molecular formula is C19H19FO3. The Kier molecular flexibility index (Phi) is 3.72. The van der Waals surface area contributed by atoms with Gasteiger partial charge in [0.1, 0.15) is 11.4 Å². The summed E-state index contributed by atoms with van der Waals surface area (Å²) in [5.74, 6) is 0.445. The highest BCUT2D eigenvalue weighted by Crippen LogP contribution is 2.48. The van der Waals surface area contributed by atoms with E-state index < -0.39 is 5.60 Å². The number of rotatable bonds is 3. The van der Waals surface area contributed by atoms with Crippen molar-refractivity contribution in [2.75, 3.05) is 0 Å². The van der Waals surface area contributed by atoms with Crippen molar-refractivity contribution in [3.8, 4) is 16.9 Å². The van der Waals surface area contributed by atoms with Crippen LogP contribution in [0.25, 0.3) is 11.1 Å². The van der Waals surface area contributed by atoms with Crippen LogP contribution in [0.1, 0.15) is 55.1 Å². The molecule has 3 nitrogen and oxygen atoms in total. The topological polar surface area (TPSA) is 35.5 Å². The van der Waals surface area contributed by atoms with Gasteiger partial charge in [0.25, 0.3) is 0 Å². The van der Waals surface area contributed by atoms with Gasteiger partial charge < -0.3 is 4.89 Å². The van der Waals surface area contributed by atoms with Gasteiger partial charge in [0.05, 0.1) is 0 Å². The van der Waals surface area contributed by atoms with Crippen molar-refractivity contribution in [1.82, 2.24) is 0 Å². The zero-order valence-electron chi connectivity index (χ0n) is 13.6. The summed E-state index contributed by atoms with van der Waals surface area (Å²) >= 11 is 0. The fourth-order valence-corrected chi connectivity index (χ4v) is 3.07. The third-order valence-corrected chi connectivity index (χ3v) is 4.18. The van der Waals surface area contributed by atoms with Crippen LogP contribution in [0, 0.1) is 5.82 Å². The minimum Gasteiger partial charge on any atom is -0.336 e. The lowest BCUT2D eigenvalue weighted by molar-refractivity contribution is -0.260. The van der Waals surface area contributed by atoms with Crippen molar-refractivity contribution >= 4 is 6.29 Å². The van der Waals surface area contributed by atoms with E-state index in [4.69, 9.17) is 9.78 Å². The van der Waals surface area contributed by atoms with Gasteiger partial charge in [-0.2, -0.15) is 4.89 Å². The average Bonchev–Trinajstić information content (AvgIpc) is 2.81. The summed E-state index contributed by atoms with van der Waals surface area (Å²) in [5, 5.41) is 0. The normalized spacial score (nSPS) is 15.4. The summed E-state index contributed by atoms with van der Waals surface area (Å²) in [4.78, 5) is 22.7. The monoisotopic (exact) mass is 314 g/mol. The number of aldehydes is 1. The lowest BCUT2D eigenvalue weighted by Crippen LogP contribution is -2.17. The third-order valence-electron chi connectivity index (χ3n) is 4.18. The van der Waals surface area contributed by atoms with E-state index in [1.807, 2.05) is 33.8 Å². The molecule has 3 rings (SSSR count). The second-order valence-electron chi connectivity index (χ2n) is 6.58. The van der Waals surface area contributed by atoms with E-state index in [-0.39, 0.29) is 11.7 Å². The minimum atomic E-state index is -0.688. The van der Waals surface area contributed by atoms with Crippen molar-refractivity contribution in [3.63, 3.8) is 0 Å². The number of carbonyl (C=O) groups is 1. The Balaban J connectivity index is 2.39. The summed E-state index contributed by atoms with van der Waals surface area (Å²) in [6, 6.07) is 8.00. The molecule has 0 unspecified atom stereocenters. The molecule has 1 aliphatic heterocycles. The van der Waals surface area contributed by atoms with E-state index in [2.05, 4.69) is 0 Å². The van der Waals surface area contributed by atoms with Crippen molar-refractivity contribution in [1.29, 1.82) is 0 Å². The van der Waals surface area contributed by atoms with E-state index in [9.17, 15) is 9.18 Å². The minimum absolute atomic E-state index is 0.145. The molecule has 0 spiro atoms. The lowest BCUT2D eigenvalue weighted by atomic mass is 9.82. The predicted octanol–water partition coefficient (Wildman–Crippen LogP) is 4.99. The van der Waals surface area contributed by atoms with Crippen molar-refractivity contribution in [2.45, 2.75) is 39.2 Å². The van der Waals surface area contributed by atoms with Gasteiger partial charge in [-0.1, -0.05) is 26.0 Å². The van der Waals surface area contributed by atoms with E-state index >= 15 is 0 Å². The Hall–Kier alpha value is -2.20. The van der Waals surface area contributed by atoms with Crippen LogP contribution in [0.2, 0.25) is 0 Å². The molecule has 1 heterocycles. The molecular weight excluding hydrogens is 295 g/mol. The number of fused-ring (bicyclic) bond motifs is 1. The molecule has 4 heteroatoms. The van der Waals surface area contributed by atoms with Crippen LogP contribution in [0.4, 0.5) is 4.39 Å². The zero-order valence-corrected chi connectivity index (χ0v) is 13.6. The molecule has 0 bridgehead atoms. The average molecular weight is 314 g/mol. The molecule has 2 aromatic rings. The molecule has 2 aromatic carbocycles. The first-order valence-corrected chi connectivity index (χ1v) is 7.63. The maximum Gasteiger partial charge on any atom is 0.172 e. The van der Waals surface area contributed by atoms with Crippen molar-refractivity contribution < 1.29 is 19.0 Å². The summed E-state index contributed by atoms with van der Waals surface area (Å²) in [5.41, 5.74) is 3.15. The van der Waals surface area contributed by atoms with Crippen molar-refractivity contribution in [3.05, 3.63) is 52.8 Å². The Morgan fingerprint density at radius 2 is 1.83 bits per heavy atom.